The molecule has 0 spiro atoms. The van der Waals surface area contributed by atoms with E-state index < -0.39 is 0 Å². The Kier molecular flexibility index (Phi) is 4.48. The van der Waals surface area contributed by atoms with Crippen LogP contribution in [0.25, 0.3) is 0 Å². The zero-order valence-electron chi connectivity index (χ0n) is 11.7. The molecule has 4 nitrogen and oxygen atoms in total. The Balaban J connectivity index is 1.73. The second kappa shape index (κ2) is 6.52. The van der Waals surface area contributed by atoms with Gasteiger partial charge in [-0.2, -0.15) is 4.98 Å². The first-order valence-electron chi connectivity index (χ1n) is 7.32. The van der Waals surface area contributed by atoms with Gasteiger partial charge >= 0.3 is 0 Å². The van der Waals surface area contributed by atoms with Crippen LogP contribution in [0.2, 0.25) is 0 Å². The molecule has 1 aliphatic rings. The summed E-state index contributed by atoms with van der Waals surface area (Å²) >= 11 is 3.41. The van der Waals surface area contributed by atoms with Crippen LogP contribution in [0.15, 0.2) is 33.3 Å². The summed E-state index contributed by atoms with van der Waals surface area (Å²) in [5, 5.41) is 4.02. The molecule has 1 saturated carbocycles. The fraction of sp³-hybridized carbons (Fsp3) is 0.438. The summed E-state index contributed by atoms with van der Waals surface area (Å²) in [6.07, 6.45) is 5.24. The Morgan fingerprint density at radius 3 is 2.81 bits per heavy atom. The van der Waals surface area contributed by atoms with Crippen molar-refractivity contribution in [2.45, 2.75) is 44.4 Å². The van der Waals surface area contributed by atoms with Crippen molar-refractivity contribution in [1.82, 2.24) is 10.1 Å². The lowest BCUT2D eigenvalue weighted by atomic mass is 9.99. The predicted molar refractivity (Wildman–Crippen MR) is 82.1 cm³/mol. The van der Waals surface area contributed by atoms with Gasteiger partial charge in [0, 0.05) is 17.3 Å². The number of Topliss-reactive ketones (excluding diaryl/α,β-unsaturated/α-hetero) is 1. The fourth-order valence-corrected chi connectivity index (χ4v) is 2.95. The Labute approximate surface area is 132 Å². The number of benzene rings is 1. The first-order valence-corrected chi connectivity index (χ1v) is 8.11. The van der Waals surface area contributed by atoms with Crippen LogP contribution in [0.1, 0.15) is 55.3 Å². The van der Waals surface area contributed by atoms with E-state index in [1.54, 1.807) is 0 Å². The Morgan fingerprint density at radius 1 is 1.19 bits per heavy atom. The third kappa shape index (κ3) is 3.59. The van der Waals surface area contributed by atoms with Crippen molar-refractivity contribution < 1.29 is 9.32 Å². The van der Waals surface area contributed by atoms with Crippen LogP contribution in [0, 0.1) is 0 Å². The first-order chi connectivity index (χ1) is 10.2. The van der Waals surface area contributed by atoms with Crippen LogP contribution in [-0.2, 0) is 11.2 Å². The van der Waals surface area contributed by atoms with Crippen molar-refractivity contribution >= 4 is 21.7 Å². The number of carbonyl (C=O) groups excluding carboxylic acids is 1. The average Bonchev–Trinajstić information content (AvgIpc) is 2.82. The zero-order chi connectivity index (χ0) is 14.7. The number of rotatable bonds is 3. The molecule has 110 valence electrons. The smallest absolute Gasteiger partial charge is 0.237 e. The van der Waals surface area contributed by atoms with E-state index in [9.17, 15) is 4.79 Å². The van der Waals surface area contributed by atoms with Gasteiger partial charge in [-0.05, 0) is 30.5 Å². The van der Waals surface area contributed by atoms with Crippen molar-refractivity contribution in [1.29, 1.82) is 0 Å². The highest BCUT2D eigenvalue weighted by Gasteiger charge is 2.27. The quantitative estimate of drug-likeness (QED) is 0.785. The molecular weight excluding hydrogens is 332 g/mol. The fourth-order valence-electron chi connectivity index (χ4n) is 2.69. The molecule has 1 fully saturated rings. The topological polar surface area (TPSA) is 56.0 Å². The Morgan fingerprint density at radius 2 is 2.00 bits per heavy atom. The molecule has 1 unspecified atom stereocenters. The minimum absolute atomic E-state index is 0.196. The molecule has 0 radical (unpaired) electrons. The number of hydrogen-bond acceptors (Lipinski definition) is 4. The van der Waals surface area contributed by atoms with E-state index in [2.05, 4.69) is 26.1 Å². The predicted octanol–water partition coefficient (Wildman–Crippen LogP) is 4.04. The number of carbonyl (C=O) groups is 1. The summed E-state index contributed by atoms with van der Waals surface area (Å²) in [6.45, 7) is 0. The van der Waals surface area contributed by atoms with Crippen molar-refractivity contribution in [2.24, 2.45) is 0 Å². The van der Waals surface area contributed by atoms with Gasteiger partial charge in [-0.15, -0.1) is 0 Å². The van der Waals surface area contributed by atoms with Gasteiger partial charge in [0.25, 0.3) is 0 Å². The molecule has 0 saturated heterocycles. The van der Waals surface area contributed by atoms with Crippen molar-refractivity contribution in [3.05, 3.63) is 46.0 Å². The zero-order valence-corrected chi connectivity index (χ0v) is 13.3. The second-order valence-corrected chi connectivity index (χ2v) is 6.39. The molecule has 0 bridgehead atoms. The minimum atomic E-state index is -0.196. The summed E-state index contributed by atoms with van der Waals surface area (Å²) in [4.78, 5) is 16.5. The number of ketones is 1. The maximum Gasteiger partial charge on any atom is 0.237 e. The van der Waals surface area contributed by atoms with E-state index in [1.165, 1.54) is 0 Å². The molecule has 1 atom stereocenters. The van der Waals surface area contributed by atoms with E-state index in [-0.39, 0.29) is 11.7 Å². The van der Waals surface area contributed by atoms with Gasteiger partial charge in [0.1, 0.15) is 5.78 Å². The molecule has 0 aliphatic heterocycles. The Hall–Kier alpha value is -1.49. The highest BCUT2D eigenvalue weighted by Crippen LogP contribution is 2.28. The number of halogens is 1. The first kappa shape index (κ1) is 14.4. The van der Waals surface area contributed by atoms with E-state index in [0.29, 0.717) is 24.6 Å². The molecule has 0 amide bonds. The molecule has 5 heteroatoms. The van der Waals surface area contributed by atoms with Gasteiger partial charge < -0.3 is 4.52 Å². The van der Waals surface area contributed by atoms with E-state index >= 15 is 0 Å². The lowest BCUT2D eigenvalue weighted by Gasteiger charge is -2.06. The van der Waals surface area contributed by atoms with Crippen molar-refractivity contribution in [3.63, 3.8) is 0 Å². The lowest BCUT2D eigenvalue weighted by molar-refractivity contribution is -0.120. The maximum absolute atomic E-state index is 12.1. The van der Waals surface area contributed by atoms with Gasteiger partial charge in [-0.3, -0.25) is 4.79 Å². The third-order valence-electron chi connectivity index (χ3n) is 3.86. The molecule has 1 aliphatic carbocycles. The van der Waals surface area contributed by atoms with Crippen LogP contribution in [0.5, 0.6) is 0 Å². The van der Waals surface area contributed by atoms with Gasteiger partial charge in [0.2, 0.25) is 5.89 Å². The molecular formula is C16H17BrN2O2. The molecule has 1 aromatic carbocycles. The minimum Gasteiger partial charge on any atom is -0.339 e. The van der Waals surface area contributed by atoms with Crippen LogP contribution in [0.4, 0.5) is 0 Å². The van der Waals surface area contributed by atoms with Gasteiger partial charge in [0.05, 0.1) is 5.92 Å². The summed E-state index contributed by atoms with van der Waals surface area (Å²) in [5.41, 5.74) is 1.12. The second-order valence-electron chi connectivity index (χ2n) is 5.47. The molecule has 3 rings (SSSR count). The summed E-state index contributed by atoms with van der Waals surface area (Å²) in [7, 11) is 0. The van der Waals surface area contributed by atoms with Crippen LogP contribution < -0.4 is 0 Å². The van der Waals surface area contributed by atoms with Crippen molar-refractivity contribution in [2.75, 3.05) is 0 Å². The molecule has 0 N–H and O–H groups in total. The van der Waals surface area contributed by atoms with Gasteiger partial charge in [-0.1, -0.05) is 46.1 Å². The third-order valence-corrected chi connectivity index (χ3v) is 4.39. The summed E-state index contributed by atoms with van der Waals surface area (Å²) in [6, 6.07) is 8.03. The summed E-state index contributed by atoms with van der Waals surface area (Å²) < 4.78 is 6.38. The molecule has 1 aromatic heterocycles. The number of nitrogens with zero attached hydrogens (tertiary/aromatic N) is 2. The van der Waals surface area contributed by atoms with Crippen LogP contribution in [0.3, 0.4) is 0 Å². The lowest BCUT2D eigenvalue weighted by Crippen LogP contribution is -2.10. The van der Waals surface area contributed by atoms with Crippen LogP contribution in [-0.4, -0.2) is 15.9 Å². The maximum atomic E-state index is 12.1. The normalized spacial score (nSPS) is 19.5. The summed E-state index contributed by atoms with van der Waals surface area (Å²) in [5.74, 6) is 1.18. The standard InChI is InChI=1S/C16H17BrN2O2/c17-12-8-6-11(7-9-12)10-15-18-16(21-19-15)13-4-2-1-3-5-14(13)20/h6-9,13H,1-5,10H2. The average molecular weight is 349 g/mol. The molecule has 21 heavy (non-hydrogen) atoms. The Bertz CT molecular complexity index is 621. The monoisotopic (exact) mass is 348 g/mol. The highest BCUT2D eigenvalue weighted by atomic mass is 79.9. The van der Waals surface area contributed by atoms with Gasteiger partial charge in [0.15, 0.2) is 5.82 Å². The number of hydrogen-bond donors (Lipinski definition) is 0. The molecule has 1 heterocycles. The number of aromatic nitrogens is 2. The van der Waals surface area contributed by atoms with E-state index in [4.69, 9.17) is 4.52 Å². The van der Waals surface area contributed by atoms with E-state index in [0.717, 1.165) is 35.7 Å². The molecule has 2 aromatic rings. The SMILES string of the molecule is O=C1CCCCCC1c1nc(Cc2ccc(Br)cc2)no1. The van der Waals surface area contributed by atoms with Gasteiger partial charge in [-0.25, -0.2) is 0 Å². The van der Waals surface area contributed by atoms with Crippen molar-refractivity contribution in [3.8, 4) is 0 Å². The van der Waals surface area contributed by atoms with Crippen LogP contribution >= 0.6 is 15.9 Å². The van der Waals surface area contributed by atoms with E-state index in [1.807, 2.05) is 24.3 Å². The highest BCUT2D eigenvalue weighted by molar-refractivity contribution is 9.10. The largest absolute Gasteiger partial charge is 0.339 e.